The van der Waals surface area contributed by atoms with Gasteiger partial charge < -0.3 is 19.3 Å². The highest BCUT2D eigenvalue weighted by atomic mass is 16.5. The topological polar surface area (TPSA) is 92.9 Å². The van der Waals surface area contributed by atoms with Gasteiger partial charge in [0.25, 0.3) is 0 Å². The first-order valence-electron chi connectivity index (χ1n) is 7.93. The summed E-state index contributed by atoms with van der Waals surface area (Å²) in [7, 11) is 0. The van der Waals surface area contributed by atoms with Crippen LogP contribution in [0.15, 0.2) is 10.6 Å². The number of aliphatic hydroxyl groups is 1. The molecule has 0 aliphatic carbocycles. The Kier molecular flexibility index (Phi) is 5.41. The minimum absolute atomic E-state index is 0.0320. The molecular weight excluding hydrogens is 300 g/mol. The van der Waals surface area contributed by atoms with E-state index in [0.29, 0.717) is 11.5 Å². The number of carbonyl (C=O) groups excluding carboxylic acids is 2. The van der Waals surface area contributed by atoms with Crippen molar-refractivity contribution in [3.05, 3.63) is 17.5 Å². The third kappa shape index (κ3) is 3.72. The van der Waals surface area contributed by atoms with Crippen LogP contribution in [0.4, 0.5) is 0 Å². The highest BCUT2D eigenvalue weighted by Gasteiger charge is 2.43. The molecular formula is C16H24N2O5. The molecule has 0 spiro atoms. The standard InChI is InChI=1S/C16H24N2O5/c1-5-22-16(21)12-7-11(19)8-18(12)15(20)14(9(2)3)13-6-10(4)17-23-13/h6,9,11-12,14,19H,5,7-8H2,1-4H3/t11-,12+,14?/m1/s1. The number of aromatic nitrogens is 1. The van der Waals surface area contributed by atoms with Crippen LogP contribution in [-0.4, -0.2) is 52.3 Å². The summed E-state index contributed by atoms with van der Waals surface area (Å²) in [6.45, 7) is 7.68. The van der Waals surface area contributed by atoms with E-state index < -0.39 is 24.0 Å². The molecule has 1 aromatic rings. The predicted octanol–water partition coefficient (Wildman–Crippen LogP) is 1.25. The minimum Gasteiger partial charge on any atom is -0.464 e. The Hall–Kier alpha value is -1.89. The van der Waals surface area contributed by atoms with Gasteiger partial charge in [0.2, 0.25) is 5.91 Å². The lowest BCUT2D eigenvalue weighted by molar-refractivity contribution is -0.153. The molecule has 0 bridgehead atoms. The summed E-state index contributed by atoms with van der Waals surface area (Å²) >= 11 is 0. The molecule has 7 heteroatoms. The summed E-state index contributed by atoms with van der Waals surface area (Å²) in [4.78, 5) is 26.5. The molecule has 1 unspecified atom stereocenters. The Morgan fingerprint density at radius 3 is 2.74 bits per heavy atom. The molecule has 1 aromatic heterocycles. The molecule has 1 fully saturated rings. The minimum atomic E-state index is -0.747. The van der Waals surface area contributed by atoms with Crippen molar-refractivity contribution in [2.24, 2.45) is 5.92 Å². The Morgan fingerprint density at radius 1 is 1.52 bits per heavy atom. The van der Waals surface area contributed by atoms with Gasteiger partial charge in [-0.2, -0.15) is 0 Å². The Labute approximate surface area is 135 Å². The number of amides is 1. The molecule has 23 heavy (non-hydrogen) atoms. The molecule has 2 heterocycles. The van der Waals surface area contributed by atoms with Crippen molar-refractivity contribution in [3.8, 4) is 0 Å². The maximum atomic E-state index is 13.0. The molecule has 0 aromatic carbocycles. The third-order valence-corrected chi connectivity index (χ3v) is 4.01. The number of nitrogens with zero attached hydrogens (tertiary/aromatic N) is 2. The summed E-state index contributed by atoms with van der Waals surface area (Å²) < 4.78 is 10.3. The van der Waals surface area contributed by atoms with E-state index in [1.54, 1.807) is 19.9 Å². The van der Waals surface area contributed by atoms with Crippen LogP contribution in [0.1, 0.15) is 44.6 Å². The first-order chi connectivity index (χ1) is 10.8. The highest BCUT2D eigenvalue weighted by molar-refractivity contribution is 5.89. The molecule has 0 radical (unpaired) electrons. The van der Waals surface area contributed by atoms with E-state index in [1.807, 2.05) is 13.8 Å². The smallest absolute Gasteiger partial charge is 0.328 e. The van der Waals surface area contributed by atoms with E-state index in [4.69, 9.17) is 9.26 Å². The molecule has 2 rings (SSSR count). The van der Waals surface area contributed by atoms with E-state index in [0.717, 1.165) is 0 Å². The van der Waals surface area contributed by atoms with Crippen molar-refractivity contribution >= 4 is 11.9 Å². The predicted molar refractivity (Wildman–Crippen MR) is 81.6 cm³/mol. The lowest BCUT2D eigenvalue weighted by Crippen LogP contribution is -2.44. The number of esters is 1. The SMILES string of the molecule is CCOC(=O)[C@@H]1C[C@@H](O)CN1C(=O)C(c1cc(C)no1)C(C)C. The van der Waals surface area contributed by atoms with Crippen molar-refractivity contribution in [2.45, 2.75) is 52.2 Å². The summed E-state index contributed by atoms with van der Waals surface area (Å²) in [5.41, 5.74) is 0.696. The summed E-state index contributed by atoms with van der Waals surface area (Å²) in [5.74, 6) is -0.820. The number of carbonyl (C=O) groups is 2. The van der Waals surface area contributed by atoms with Crippen molar-refractivity contribution in [1.29, 1.82) is 0 Å². The molecule has 3 atom stereocenters. The van der Waals surface area contributed by atoms with Crippen LogP contribution in [0.2, 0.25) is 0 Å². The fraction of sp³-hybridized carbons (Fsp3) is 0.688. The Morgan fingerprint density at radius 2 is 2.22 bits per heavy atom. The summed E-state index contributed by atoms with van der Waals surface area (Å²) in [6.07, 6.45) is -0.525. The van der Waals surface area contributed by atoms with Crippen molar-refractivity contribution in [2.75, 3.05) is 13.2 Å². The van der Waals surface area contributed by atoms with Gasteiger partial charge in [0.1, 0.15) is 17.7 Å². The fourth-order valence-electron chi connectivity index (χ4n) is 2.96. The third-order valence-electron chi connectivity index (χ3n) is 4.01. The van der Waals surface area contributed by atoms with Crippen LogP contribution in [0.3, 0.4) is 0 Å². The van der Waals surface area contributed by atoms with Crippen LogP contribution in [0.25, 0.3) is 0 Å². The normalized spacial score (nSPS) is 22.4. The number of likely N-dealkylation sites (tertiary alicyclic amines) is 1. The first-order valence-corrected chi connectivity index (χ1v) is 7.93. The van der Waals surface area contributed by atoms with Gasteiger partial charge >= 0.3 is 5.97 Å². The molecule has 1 saturated heterocycles. The van der Waals surface area contributed by atoms with E-state index in [2.05, 4.69) is 5.16 Å². The number of β-amino-alcohol motifs (C(OH)–C–C–N with tert-alkyl or cyclic N) is 1. The zero-order valence-electron chi connectivity index (χ0n) is 14.0. The molecule has 1 aliphatic rings. The molecule has 7 nitrogen and oxygen atoms in total. The Bertz CT molecular complexity index is 569. The number of aliphatic hydroxyl groups excluding tert-OH is 1. The van der Waals surface area contributed by atoms with E-state index in [9.17, 15) is 14.7 Å². The van der Waals surface area contributed by atoms with E-state index in [1.165, 1.54) is 4.90 Å². The number of ether oxygens (including phenoxy) is 1. The molecule has 1 amide bonds. The van der Waals surface area contributed by atoms with Gasteiger partial charge in [0.15, 0.2) is 0 Å². The van der Waals surface area contributed by atoms with Gasteiger partial charge in [-0.15, -0.1) is 0 Å². The van der Waals surface area contributed by atoms with Gasteiger partial charge in [-0.25, -0.2) is 4.79 Å². The van der Waals surface area contributed by atoms with Gasteiger partial charge in [-0.3, -0.25) is 4.79 Å². The number of hydrogen-bond donors (Lipinski definition) is 1. The second kappa shape index (κ2) is 7.12. The zero-order chi connectivity index (χ0) is 17.1. The summed E-state index contributed by atoms with van der Waals surface area (Å²) in [5, 5.41) is 13.7. The van der Waals surface area contributed by atoms with Crippen molar-refractivity contribution in [3.63, 3.8) is 0 Å². The quantitative estimate of drug-likeness (QED) is 0.819. The van der Waals surface area contributed by atoms with Crippen molar-refractivity contribution < 1.29 is 24.0 Å². The fourth-order valence-corrected chi connectivity index (χ4v) is 2.96. The Balaban J connectivity index is 2.25. The maximum absolute atomic E-state index is 13.0. The van der Waals surface area contributed by atoms with Crippen LogP contribution >= 0.6 is 0 Å². The van der Waals surface area contributed by atoms with Crippen LogP contribution in [0, 0.1) is 12.8 Å². The van der Waals surface area contributed by atoms with Crippen molar-refractivity contribution in [1.82, 2.24) is 10.1 Å². The van der Waals surface area contributed by atoms with Crippen LogP contribution in [0.5, 0.6) is 0 Å². The van der Waals surface area contributed by atoms with Crippen LogP contribution in [-0.2, 0) is 14.3 Å². The zero-order valence-corrected chi connectivity index (χ0v) is 14.0. The molecule has 128 valence electrons. The monoisotopic (exact) mass is 324 g/mol. The van der Waals surface area contributed by atoms with Gasteiger partial charge in [-0.1, -0.05) is 19.0 Å². The number of aryl methyl sites for hydroxylation is 1. The van der Waals surface area contributed by atoms with Crippen LogP contribution < -0.4 is 0 Å². The van der Waals surface area contributed by atoms with E-state index in [-0.39, 0.29) is 31.4 Å². The highest BCUT2D eigenvalue weighted by Crippen LogP contribution is 2.31. The molecule has 0 saturated carbocycles. The lowest BCUT2D eigenvalue weighted by atomic mass is 9.91. The van der Waals surface area contributed by atoms with Gasteiger partial charge in [0.05, 0.1) is 18.4 Å². The van der Waals surface area contributed by atoms with E-state index >= 15 is 0 Å². The van der Waals surface area contributed by atoms with Gasteiger partial charge in [0, 0.05) is 19.0 Å². The lowest BCUT2D eigenvalue weighted by Gasteiger charge is -2.28. The second-order valence-electron chi connectivity index (χ2n) is 6.24. The molecule has 1 N–H and O–H groups in total. The average molecular weight is 324 g/mol. The second-order valence-corrected chi connectivity index (χ2v) is 6.24. The average Bonchev–Trinajstić information content (AvgIpc) is 3.05. The summed E-state index contributed by atoms with van der Waals surface area (Å²) in [6, 6.07) is 0.983. The first kappa shape index (κ1) is 17.5. The molecule has 1 aliphatic heterocycles. The van der Waals surface area contributed by atoms with Gasteiger partial charge in [-0.05, 0) is 19.8 Å². The number of rotatable bonds is 5. The maximum Gasteiger partial charge on any atom is 0.328 e. The number of hydrogen-bond acceptors (Lipinski definition) is 6. The largest absolute Gasteiger partial charge is 0.464 e.